The van der Waals surface area contributed by atoms with E-state index in [1.807, 2.05) is 6.07 Å². The molecule has 118 heavy (non-hydrogen) atoms. The number of anilines is 2. The summed E-state index contributed by atoms with van der Waals surface area (Å²) >= 11 is 1.35. The third-order valence-corrected chi connectivity index (χ3v) is 21.2. The number of fused-ring (bicyclic) bond motifs is 2. The first-order chi connectivity index (χ1) is 56.4. The number of phenols is 1. The first kappa shape index (κ1) is 91.3. The molecule has 8 rings (SSSR count). The van der Waals surface area contributed by atoms with Crippen LogP contribution in [0.1, 0.15) is 128 Å². The second kappa shape index (κ2) is 44.2. The van der Waals surface area contributed by atoms with Crippen molar-refractivity contribution < 1.29 is 76.8 Å². The minimum Gasteiger partial charge on any atom is -0.508 e. The van der Waals surface area contributed by atoms with Crippen molar-refractivity contribution >= 4 is 127 Å². The van der Waals surface area contributed by atoms with Crippen LogP contribution in [0.4, 0.5) is 22.7 Å². The fourth-order valence-electron chi connectivity index (χ4n) is 14.3. The van der Waals surface area contributed by atoms with Crippen LogP contribution in [-0.2, 0) is 65.6 Å². The lowest BCUT2D eigenvalue weighted by Crippen LogP contribution is -2.60. The number of carbonyl (C=O) groups is 11. The van der Waals surface area contributed by atoms with Crippen molar-refractivity contribution in [1.82, 2.24) is 57.3 Å². The molecular formula is C79H105N19O19S. The second-order valence-electron chi connectivity index (χ2n) is 29.0. The average Bonchev–Trinajstić information content (AvgIpc) is 1.37. The number of aromatic hydroxyl groups is 1. The summed E-state index contributed by atoms with van der Waals surface area (Å²) in [7, 11) is 1.42. The molecule has 0 bridgehead atoms. The molecule has 0 radical (unpaired) electrons. The van der Waals surface area contributed by atoms with Crippen LogP contribution in [0.2, 0.25) is 0 Å². The number of hydrogen-bond donors (Lipinski definition) is 15. The van der Waals surface area contributed by atoms with Crippen molar-refractivity contribution in [2.75, 3.05) is 62.1 Å². The summed E-state index contributed by atoms with van der Waals surface area (Å²) in [6.07, 6.45) is 6.10. The highest BCUT2D eigenvalue weighted by atomic mass is 32.2. The number of imide groups is 1. The number of amides is 11. The van der Waals surface area contributed by atoms with E-state index in [4.69, 9.17) is 31.8 Å². The number of nitrogens with two attached hydrogens (primary N) is 3. The molecule has 0 unspecified atom stereocenters. The van der Waals surface area contributed by atoms with Gasteiger partial charge in [-0.15, -0.1) is 0 Å². The van der Waals surface area contributed by atoms with Crippen LogP contribution in [-0.4, -0.2) is 213 Å². The van der Waals surface area contributed by atoms with Crippen LogP contribution in [0.15, 0.2) is 106 Å². The highest BCUT2D eigenvalue weighted by Gasteiger charge is 2.44. The van der Waals surface area contributed by atoms with Crippen molar-refractivity contribution in [3.63, 3.8) is 0 Å². The zero-order chi connectivity index (χ0) is 85.9. The average molecular weight is 1660 g/mol. The number of non-ortho nitro benzene ring substituents is 1. The summed E-state index contributed by atoms with van der Waals surface area (Å²) in [6, 6.07) is 8.77. The maximum atomic E-state index is 15.2. The van der Waals surface area contributed by atoms with Crippen molar-refractivity contribution in [2.45, 2.75) is 190 Å². The monoisotopic (exact) mass is 1660 g/mol. The number of unbranched alkanes of at least 4 members (excludes halogenated alkanes) is 2. The Balaban J connectivity index is 0.940. The fraction of sp³-hybridized carbons (Fsp3) is 0.481. The maximum Gasteiger partial charge on any atom is 0.338 e. The van der Waals surface area contributed by atoms with Gasteiger partial charge >= 0.3 is 5.63 Å². The smallest absolute Gasteiger partial charge is 0.338 e. The number of rotatable bonds is 44. The maximum absolute atomic E-state index is 15.2. The molecule has 38 nitrogen and oxygen atoms in total. The van der Waals surface area contributed by atoms with Crippen molar-refractivity contribution in [1.29, 1.82) is 5.41 Å². The molecule has 0 aliphatic carbocycles. The molecule has 18 N–H and O–H groups in total. The van der Waals surface area contributed by atoms with Crippen LogP contribution in [0, 0.1) is 25.6 Å². The summed E-state index contributed by atoms with van der Waals surface area (Å²) in [4.78, 5) is 201. The molecule has 10 atom stereocenters. The van der Waals surface area contributed by atoms with E-state index in [9.17, 15) is 73.3 Å². The summed E-state index contributed by atoms with van der Waals surface area (Å²) in [5, 5.41) is 66.1. The van der Waals surface area contributed by atoms with E-state index in [2.05, 4.69) is 52.8 Å². The highest BCUT2D eigenvalue weighted by molar-refractivity contribution is 7.98. The predicted molar refractivity (Wildman–Crippen MR) is 440 cm³/mol. The van der Waals surface area contributed by atoms with Gasteiger partial charge in [-0.25, -0.2) is 4.79 Å². The van der Waals surface area contributed by atoms with Gasteiger partial charge < -0.3 is 88.8 Å². The normalized spacial score (nSPS) is 15.8. The zero-order valence-electron chi connectivity index (χ0n) is 66.4. The Kier molecular flexibility index (Phi) is 34.2. The van der Waals surface area contributed by atoms with Crippen LogP contribution in [0.25, 0.3) is 21.9 Å². The van der Waals surface area contributed by atoms with Gasteiger partial charge in [-0.3, -0.25) is 88.6 Å². The van der Waals surface area contributed by atoms with Gasteiger partial charge in [0, 0.05) is 86.6 Å². The van der Waals surface area contributed by atoms with Gasteiger partial charge in [-0.05, 0) is 163 Å². The number of aromatic nitrogens is 1. The minimum absolute atomic E-state index is 0.0180. The summed E-state index contributed by atoms with van der Waals surface area (Å²) in [6.45, 7) is 4.96. The topological polar surface area (TPSA) is 569 Å². The lowest BCUT2D eigenvalue weighted by atomic mass is 10.0. The molecule has 2 saturated heterocycles. The Morgan fingerprint density at radius 1 is 0.695 bits per heavy atom. The third kappa shape index (κ3) is 25.1. The van der Waals surface area contributed by atoms with E-state index in [0.717, 1.165) is 18.2 Å². The number of guanidine groups is 1. The first-order valence-electron chi connectivity index (χ1n) is 39.2. The number of aromatic amines is 1. The SMILES string of the molecule is CCC[C@H](NC(=O)[C@H](C)NC(=O)[C@H](Cc1ccc(O)cc1)NC(=O)[C@@H]1CCCN1C(=O)[C@H](CCCCN)NC(=O)[C@@H]1CCCN1C(=O)[C@H](CCCNC(=N)N)N(C(C)=O)c1cc(=O)oc2cc(OC)ccc12)C(=O)N[C@@H](Cc1c[nH]c2ccccc12)C(=O)N[C@@H](CCSC)C(=O)NC(=O)[C@@H](N)CCCCNc1ccc([N+](=O)[O-])cc1[N+](=O)[O-]. The molecule has 0 saturated carbocycles. The number of thioether (sulfide) groups is 1. The molecule has 4 aromatic carbocycles. The van der Waals surface area contributed by atoms with Crippen LogP contribution < -0.4 is 80.3 Å². The molecular weight excluding hydrogens is 1550 g/mol. The molecule has 2 aliphatic rings. The zero-order valence-corrected chi connectivity index (χ0v) is 67.3. The lowest BCUT2D eigenvalue weighted by Gasteiger charge is -2.36. The number of nitro benzene ring substituents is 2. The van der Waals surface area contributed by atoms with E-state index >= 15 is 9.59 Å². The number of carbonyl (C=O) groups excluding carboxylic acids is 11. The molecule has 6 aromatic rings. The highest BCUT2D eigenvalue weighted by Crippen LogP contribution is 2.34. The van der Waals surface area contributed by atoms with Gasteiger partial charge in [0.2, 0.25) is 65.0 Å². The number of nitrogens with one attached hydrogen (secondary N) is 11. The summed E-state index contributed by atoms with van der Waals surface area (Å²) < 4.78 is 10.8. The van der Waals surface area contributed by atoms with E-state index in [1.165, 1.54) is 83.8 Å². The van der Waals surface area contributed by atoms with Gasteiger partial charge in [0.25, 0.3) is 11.4 Å². The number of ether oxygens (including phenoxy) is 1. The third-order valence-electron chi connectivity index (χ3n) is 20.5. The molecule has 4 heterocycles. The number of benzene rings is 4. The van der Waals surface area contributed by atoms with E-state index < -0.39 is 152 Å². The molecule has 0 spiro atoms. The molecule has 636 valence electrons. The number of methoxy groups -OCH3 is 1. The van der Waals surface area contributed by atoms with Gasteiger partial charge in [-0.2, -0.15) is 11.8 Å². The van der Waals surface area contributed by atoms with Crippen molar-refractivity contribution in [3.8, 4) is 11.5 Å². The van der Waals surface area contributed by atoms with E-state index in [0.29, 0.717) is 83.9 Å². The van der Waals surface area contributed by atoms with Gasteiger partial charge in [0.1, 0.15) is 77.1 Å². The minimum atomic E-state index is -1.45. The molecule has 2 aromatic heterocycles. The van der Waals surface area contributed by atoms with Crippen molar-refractivity contribution in [2.24, 2.45) is 17.2 Å². The summed E-state index contributed by atoms with van der Waals surface area (Å²) in [5.41, 5.74) is 17.9. The Morgan fingerprint density at radius 3 is 1.98 bits per heavy atom. The van der Waals surface area contributed by atoms with Crippen molar-refractivity contribution in [3.05, 3.63) is 139 Å². The number of phenolic OH excluding ortho intramolecular Hbond substituents is 1. The number of nitrogens with zero attached hydrogens (tertiary/aromatic N) is 5. The number of hydrogen-bond acceptors (Lipinski definition) is 24. The number of para-hydroxylation sites is 1. The van der Waals surface area contributed by atoms with Crippen LogP contribution in [0.3, 0.4) is 0 Å². The first-order valence-corrected chi connectivity index (χ1v) is 40.6. The van der Waals surface area contributed by atoms with E-state index in [1.54, 1.807) is 49.7 Å². The number of likely N-dealkylation sites (tertiary alicyclic amines) is 2. The van der Waals surface area contributed by atoms with E-state index in [-0.39, 0.29) is 126 Å². The molecule has 39 heteroatoms. The standard InChI is InChI=1S/C79H105N19O19S/c1-6-16-57(71(104)91-61(40-48-44-86-55-19-8-7-17-52(48)55)74(107)89-58(32-38-118-5)72(105)93-70(103)54(81)18-10-12-34-84-56-31-26-49(97(112)113)41-66(56)98(114)115)88-69(102)45(2)87-73(106)60(39-47-24-27-50(100)28-25-47)92-76(109)62-22-14-36-94(62)77(110)59(20-9-11-33-80)90-75(108)63-23-15-37-95(63)78(111)64(21-13-35-85-79(82)83)96(46(3)99)65-43-68(101)117-67-42-51(116-4)29-30-53(65)67/h7-8,17,19,24-31,41-45,54,57-64,84,86,100H,6,9-16,18,20-23,32-40,80-81H2,1-5H3,(H,87,106)(H,88,102)(H,89,107)(H,90,108)(H,91,104)(H,92,109)(H4,82,83,85)(H,93,103,105)/t45-,54-,57-,58-,59-,60-,61-,62-,63-,64-/m0/s1. The summed E-state index contributed by atoms with van der Waals surface area (Å²) in [5.74, 6) is -8.25. The Morgan fingerprint density at radius 2 is 1.33 bits per heavy atom. The van der Waals surface area contributed by atoms with Gasteiger partial charge in [0.05, 0.1) is 34.8 Å². The largest absolute Gasteiger partial charge is 0.508 e. The lowest BCUT2D eigenvalue weighted by molar-refractivity contribution is -0.393. The Bertz CT molecular complexity index is 4680. The van der Waals surface area contributed by atoms with Crippen LogP contribution >= 0.6 is 11.8 Å². The molecule has 11 amide bonds. The Labute approximate surface area is 683 Å². The predicted octanol–water partition coefficient (Wildman–Crippen LogP) is 3.12. The quantitative estimate of drug-likeness (QED) is 0.00652. The second-order valence-corrected chi connectivity index (χ2v) is 30.0. The van der Waals surface area contributed by atoms with Crippen LogP contribution in [0.5, 0.6) is 11.5 Å². The Hall–Kier alpha value is -12.3. The van der Waals surface area contributed by atoms with Gasteiger partial charge in [0.15, 0.2) is 5.96 Å². The number of nitro groups is 2. The van der Waals surface area contributed by atoms with Gasteiger partial charge in [-0.1, -0.05) is 43.7 Å². The number of H-pyrrole nitrogens is 1. The molecule has 2 aliphatic heterocycles. The molecule has 2 fully saturated rings. The fourth-order valence-corrected chi connectivity index (χ4v) is 14.8.